The second-order valence-electron chi connectivity index (χ2n) is 2.37. The number of hydrogen-bond donors (Lipinski definition) is 0. The van der Waals surface area contributed by atoms with E-state index in [1.165, 1.54) is 13.8 Å². The van der Waals surface area contributed by atoms with Gasteiger partial charge in [0.1, 0.15) is 0 Å². The van der Waals surface area contributed by atoms with Crippen molar-refractivity contribution in [3.05, 3.63) is 24.3 Å². The van der Waals surface area contributed by atoms with Crippen molar-refractivity contribution in [1.82, 2.24) is 0 Å². The van der Waals surface area contributed by atoms with E-state index in [1.54, 1.807) is 0 Å². The molecule has 0 aromatic rings. The first-order chi connectivity index (χ1) is 11.4. The molecule has 0 aliphatic heterocycles. The Hall–Kier alpha value is -1.58. The number of esters is 2. The molecule has 0 N–H and O–H groups in total. The van der Waals surface area contributed by atoms with Gasteiger partial charge < -0.3 is 9.47 Å². The van der Waals surface area contributed by atoms with Crippen molar-refractivity contribution in [2.75, 3.05) is 13.2 Å². The third kappa shape index (κ3) is 10.5. The summed E-state index contributed by atoms with van der Waals surface area (Å²) in [5.41, 5.74) is -0.928. The normalized spacial score (nSPS) is 19.6. The summed E-state index contributed by atoms with van der Waals surface area (Å²) in [5.74, 6) is -2.18. The fourth-order valence-corrected chi connectivity index (χ4v) is 0.337. The summed E-state index contributed by atoms with van der Waals surface area (Å²) in [6.45, 7) is -3.71. The van der Waals surface area contributed by atoms with E-state index in [-0.39, 0.29) is 12.2 Å². The lowest BCUT2D eigenvalue weighted by Crippen LogP contribution is -2.03. The minimum absolute atomic E-state index is 0.0195. The van der Waals surface area contributed by atoms with Crippen LogP contribution in [0.5, 0.6) is 0 Å². The maximum absolute atomic E-state index is 11.0. The standard InChI is InChI=1S/2C6H10O2/c2*1-4-8-6(7)5(2)3/h2*2,4H2,1,3H3/i2D2,3D3;1D3,4D2. The van der Waals surface area contributed by atoms with Crippen LogP contribution in [0.1, 0.15) is 41.3 Å². The molecule has 0 saturated carbocycles. The van der Waals surface area contributed by atoms with Crippen LogP contribution < -0.4 is 0 Å². The second kappa shape index (κ2) is 9.96. The van der Waals surface area contributed by atoms with Crippen LogP contribution in [-0.2, 0) is 19.1 Å². The monoisotopic (exact) mass is 238 g/mol. The van der Waals surface area contributed by atoms with Gasteiger partial charge in [0, 0.05) is 19.4 Å². The number of carbonyl (C=O) groups excluding carboxylic acids is 2. The van der Waals surface area contributed by atoms with Crippen LogP contribution >= 0.6 is 0 Å². The lowest BCUT2D eigenvalue weighted by molar-refractivity contribution is -0.139. The number of carbonyl (C=O) groups is 2. The van der Waals surface area contributed by atoms with Gasteiger partial charge in [0.05, 0.1) is 18.6 Å². The van der Waals surface area contributed by atoms with E-state index in [4.69, 9.17) is 13.7 Å². The predicted octanol–water partition coefficient (Wildman–Crippen LogP) is 2.25. The zero-order valence-electron chi connectivity index (χ0n) is 19.0. The highest BCUT2D eigenvalue weighted by atomic mass is 16.5. The van der Waals surface area contributed by atoms with Crippen LogP contribution in [0.25, 0.3) is 0 Å². The van der Waals surface area contributed by atoms with Crippen LogP contribution in [0.3, 0.4) is 0 Å². The summed E-state index contributed by atoms with van der Waals surface area (Å²) in [6.07, 6.45) is 0. The molecule has 0 fully saturated rings. The maximum atomic E-state index is 11.0. The van der Waals surface area contributed by atoms with Crippen molar-refractivity contribution >= 4 is 11.9 Å². The Labute approximate surface area is 111 Å². The molecule has 16 heavy (non-hydrogen) atoms. The van der Waals surface area contributed by atoms with Crippen molar-refractivity contribution in [3.8, 4) is 0 Å². The highest BCUT2D eigenvalue weighted by Crippen LogP contribution is 1.90. The van der Waals surface area contributed by atoms with E-state index in [0.717, 1.165) is 0 Å². The van der Waals surface area contributed by atoms with Crippen molar-refractivity contribution in [2.45, 2.75) is 27.6 Å². The van der Waals surface area contributed by atoms with E-state index in [2.05, 4.69) is 16.1 Å². The van der Waals surface area contributed by atoms with E-state index in [9.17, 15) is 9.59 Å². The molecule has 4 heteroatoms. The summed E-state index contributed by atoms with van der Waals surface area (Å²) in [6, 6.07) is 0. The van der Waals surface area contributed by atoms with Gasteiger partial charge in [-0.3, -0.25) is 0 Å². The lowest BCUT2D eigenvalue weighted by atomic mass is 10.4. The van der Waals surface area contributed by atoms with Crippen LogP contribution in [0, 0.1) is 0 Å². The molecule has 0 heterocycles. The molecule has 0 spiro atoms. The first-order valence-corrected chi connectivity index (χ1v) is 4.12. The smallest absolute Gasteiger partial charge is 0.333 e. The number of rotatable bonds is 4. The van der Waals surface area contributed by atoms with Gasteiger partial charge in [-0.25, -0.2) is 9.59 Å². The molecule has 0 amide bonds. The topological polar surface area (TPSA) is 52.6 Å². The van der Waals surface area contributed by atoms with Crippen molar-refractivity contribution in [1.29, 1.82) is 0 Å². The highest BCUT2D eigenvalue weighted by Gasteiger charge is 1.98. The van der Waals surface area contributed by atoms with Gasteiger partial charge in [-0.15, -0.1) is 0 Å². The molecule has 0 aromatic carbocycles. The summed E-state index contributed by atoms with van der Waals surface area (Å²) in [4.78, 5) is 21.7. The summed E-state index contributed by atoms with van der Waals surface area (Å²) >= 11 is 0. The Morgan fingerprint density at radius 1 is 1.38 bits per heavy atom. The SMILES string of the molecule is [2H]C([2H])([2H])C([2H])([2H])OC(=O)C(=C)C.[2H]C([2H])=C(C(=O)OCC)C([2H])([2H])[2H]. The van der Waals surface area contributed by atoms with Crippen molar-refractivity contribution < 1.29 is 32.8 Å². The van der Waals surface area contributed by atoms with Gasteiger partial charge in [0.2, 0.25) is 0 Å². The molecule has 0 radical (unpaired) electrons. The van der Waals surface area contributed by atoms with E-state index in [0.29, 0.717) is 0 Å². The maximum Gasteiger partial charge on any atom is 0.333 e. The molecule has 0 rings (SSSR count). The average molecular weight is 238 g/mol. The third-order valence-electron chi connectivity index (χ3n) is 0.972. The third-order valence-corrected chi connectivity index (χ3v) is 0.972. The number of ether oxygens (including phenoxy) is 2. The van der Waals surface area contributed by atoms with Crippen LogP contribution in [0.4, 0.5) is 0 Å². The Morgan fingerprint density at radius 3 is 2.38 bits per heavy atom. The lowest BCUT2D eigenvalue weighted by Gasteiger charge is -1.96. The van der Waals surface area contributed by atoms with Crippen LogP contribution in [0.2, 0.25) is 0 Å². The summed E-state index contributed by atoms with van der Waals surface area (Å²) in [5, 5.41) is 0. The summed E-state index contributed by atoms with van der Waals surface area (Å²) in [7, 11) is 0. The molecule has 0 bridgehead atoms. The fourth-order valence-electron chi connectivity index (χ4n) is 0.337. The van der Waals surface area contributed by atoms with Gasteiger partial charge in [-0.05, 0) is 27.6 Å². The zero-order valence-corrected chi connectivity index (χ0v) is 9.05. The second-order valence-corrected chi connectivity index (χ2v) is 2.37. The Morgan fingerprint density at radius 2 is 2.00 bits per heavy atom. The van der Waals surface area contributed by atoms with Crippen LogP contribution in [0.15, 0.2) is 24.3 Å². The molecule has 0 aliphatic rings. The molecule has 0 aromatic heterocycles. The Bertz CT molecular complexity index is 555. The molecule has 0 atom stereocenters. The van der Waals surface area contributed by atoms with E-state index < -0.39 is 44.3 Å². The van der Waals surface area contributed by atoms with Crippen LogP contribution in [-0.4, -0.2) is 25.1 Å². The van der Waals surface area contributed by atoms with Gasteiger partial charge in [0.15, 0.2) is 0 Å². The average Bonchev–Trinajstić information content (AvgIpc) is 2.35. The van der Waals surface area contributed by atoms with E-state index in [1.807, 2.05) is 0 Å². The van der Waals surface area contributed by atoms with E-state index >= 15 is 0 Å². The molecule has 0 unspecified atom stereocenters. The predicted molar refractivity (Wildman–Crippen MR) is 62.9 cm³/mol. The Kier molecular flexibility index (Phi) is 3.21. The minimum atomic E-state index is -2.99. The largest absolute Gasteiger partial charge is 0.463 e. The van der Waals surface area contributed by atoms with Gasteiger partial charge in [-0.1, -0.05) is 13.1 Å². The molecule has 0 aliphatic carbocycles. The molecule has 92 valence electrons. The molecular formula is C12H20O4. The number of hydrogen-bond acceptors (Lipinski definition) is 4. The minimum Gasteiger partial charge on any atom is -0.463 e. The van der Waals surface area contributed by atoms with Gasteiger partial charge in [0.25, 0.3) is 0 Å². The quantitative estimate of drug-likeness (QED) is 0.557. The van der Waals surface area contributed by atoms with Gasteiger partial charge >= 0.3 is 11.9 Å². The van der Waals surface area contributed by atoms with Crippen molar-refractivity contribution in [2.24, 2.45) is 0 Å². The fraction of sp³-hybridized carbons (Fsp3) is 0.500. The molecule has 4 nitrogen and oxygen atoms in total. The zero-order chi connectivity index (χ0) is 21.5. The highest BCUT2D eigenvalue weighted by molar-refractivity contribution is 5.87. The molecular weight excluding hydrogens is 208 g/mol. The summed E-state index contributed by atoms with van der Waals surface area (Å²) < 4.78 is 76.7. The first kappa shape index (κ1) is 5.17. The van der Waals surface area contributed by atoms with Crippen molar-refractivity contribution in [3.63, 3.8) is 0 Å². The Balaban J connectivity index is 0. The van der Waals surface area contributed by atoms with Gasteiger partial charge in [-0.2, -0.15) is 0 Å². The first-order valence-electron chi connectivity index (χ1n) is 9.12. The molecule has 0 saturated heterocycles.